The second-order valence-corrected chi connectivity index (χ2v) is 5.45. The number of nitro groups is 1. The maximum Gasteiger partial charge on any atom is 0.273 e. The van der Waals surface area contributed by atoms with E-state index in [4.69, 9.17) is 4.74 Å². The van der Waals surface area contributed by atoms with Crippen molar-refractivity contribution in [1.29, 1.82) is 0 Å². The van der Waals surface area contributed by atoms with Gasteiger partial charge in [-0.05, 0) is 36.0 Å². The molecule has 112 valence electrons. The maximum absolute atomic E-state index is 10.8. The second kappa shape index (κ2) is 8.18. The molecule has 0 heterocycles. The molecule has 1 aromatic carbocycles. The van der Waals surface area contributed by atoms with Crippen molar-refractivity contribution in [1.82, 2.24) is 4.90 Å². The van der Waals surface area contributed by atoms with Crippen molar-refractivity contribution in [3.8, 4) is 0 Å². The highest BCUT2D eigenvalue weighted by Gasteiger charge is 2.13. The van der Waals surface area contributed by atoms with E-state index in [9.17, 15) is 10.1 Å². The van der Waals surface area contributed by atoms with Gasteiger partial charge >= 0.3 is 0 Å². The van der Waals surface area contributed by atoms with Crippen LogP contribution in [0.15, 0.2) is 16.6 Å². The molecule has 0 aliphatic carbocycles. The predicted molar refractivity (Wildman–Crippen MR) is 83.4 cm³/mol. The molecule has 1 rings (SSSR count). The first-order chi connectivity index (χ1) is 9.45. The first-order valence-electron chi connectivity index (χ1n) is 6.31. The Morgan fingerprint density at radius 2 is 2.15 bits per heavy atom. The predicted octanol–water partition coefficient (Wildman–Crippen LogP) is 2.66. The zero-order valence-corrected chi connectivity index (χ0v) is 13.6. The second-order valence-electron chi connectivity index (χ2n) is 4.60. The summed E-state index contributed by atoms with van der Waals surface area (Å²) >= 11 is 3.36. The highest BCUT2D eigenvalue weighted by molar-refractivity contribution is 9.10. The van der Waals surface area contributed by atoms with Gasteiger partial charge in [-0.3, -0.25) is 10.1 Å². The number of nitrogens with one attached hydrogen (secondary N) is 1. The average Bonchev–Trinajstić information content (AvgIpc) is 2.39. The fourth-order valence-electron chi connectivity index (χ4n) is 1.74. The molecule has 0 aliphatic heterocycles. The van der Waals surface area contributed by atoms with Crippen LogP contribution in [0.4, 0.5) is 11.4 Å². The smallest absolute Gasteiger partial charge is 0.273 e. The number of aryl methyl sites for hydroxylation is 1. The Balaban J connectivity index is 2.56. The van der Waals surface area contributed by atoms with Crippen LogP contribution in [0.3, 0.4) is 0 Å². The summed E-state index contributed by atoms with van der Waals surface area (Å²) in [5.74, 6) is 0. The molecule has 0 saturated carbocycles. The lowest BCUT2D eigenvalue weighted by atomic mass is 10.2. The number of rotatable bonds is 8. The van der Waals surface area contributed by atoms with Gasteiger partial charge in [-0.15, -0.1) is 0 Å². The van der Waals surface area contributed by atoms with E-state index in [0.717, 1.165) is 25.3 Å². The van der Waals surface area contributed by atoms with Crippen LogP contribution in [0.25, 0.3) is 0 Å². The summed E-state index contributed by atoms with van der Waals surface area (Å²) < 4.78 is 5.72. The summed E-state index contributed by atoms with van der Waals surface area (Å²) in [6, 6.07) is 3.32. The van der Waals surface area contributed by atoms with E-state index < -0.39 is 0 Å². The largest absolute Gasteiger partial charge is 0.383 e. The van der Waals surface area contributed by atoms with Crippen LogP contribution in [0, 0.1) is 17.0 Å². The van der Waals surface area contributed by atoms with Gasteiger partial charge in [-0.1, -0.05) is 0 Å². The van der Waals surface area contributed by atoms with Gasteiger partial charge in [0.15, 0.2) is 0 Å². The number of likely N-dealkylation sites (N-methyl/N-ethyl adjacent to an activating group) is 1. The minimum absolute atomic E-state index is 0.125. The number of halogens is 1. The fraction of sp³-hybridized carbons (Fsp3) is 0.538. The third kappa shape index (κ3) is 5.07. The van der Waals surface area contributed by atoms with Gasteiger partial charge in [0.05, 0.1) is 11.5 Å². The maximum atomic E-state index is 10.8. The van der Waals surface area contributed by atoms with Crippen molar-refractivity contribution in [3.63, 3.8) is 0 Å². The topological polar surface area (TPSA) is 67.6 Å². The summed E-state index contributed by atoms with van der Waals surface area (Å²) in [6.45, 7) is 4.94. The molecule has 0 saturated heterocycles. The molecule has 0 aromatic heterocycles. The molecule has 0 bridgehead atoms. The van der Waals surface area contributed by atoms with Crippen LogP contribution < -0.4 is 5.32 Å². The number of hydrogen-bond acceptors (Lipinski definition) is 5. The van der Waals surface area contributed by atoms with Gasteiger partial charge < -0.3 is 15.0 Å². The molecular formula is C13H20BrN3O3. The van der Waals surface area contributed by atoms with Crippen molar-refractivity contribution < 1.29 is 9.66 Å². The molecule has 0 atom stereocenters. The first-order valence-corrected chi connectivity index (χ1v) is 7.11. The number of anilines is 1. The third-order valence-electron chi connectivity index (χ3n) is 2.97. The minimum Gasteiger partial charge on any atom is -0.383 e. The lowest BCUT2D eigenvalue weighted by molar-refractivity contribution is -0.385. The summed E-state index contributed by atoms with van der Waals surface area (Å²) in [5.41, 5.74) is 1.64. The van der Waals surface area contributed by atoms with Crippen LogP contribution in [-0.4, -0.2) is 50.2 Å². The van der Waals surface area contributed by atoms with E-state index in [1.165, 1.54) is 6.07 Å². The van der Waals surface area contributed by atoms with Crippen molar-refractivity contribution in [2.75, 3.05) is 45.7 Å². The van der Waals surface area contributed by atoms with Gasteiger partial charge in [0, 0.05) is 48.5 Å². The molecule has 7 heteroatoms. The van der Waals surface area contributed by atoms with E-state index in [1.54, 1.807) is 20.1 Å². The van der Waals surface area contributed by atoms with Gasteiger partial charge in [0.2, 0.25) is 0 Å². The van der Waals surface area contributed by atoms with Crippen LogP contribution in [0.5, 0.6) is 0 Å². The van der Waals surface area contributed by atoms with E-state index in [1.807, 2.05) is 7.05 Å². The number of benzene rings is 1. The normalized spacial score (nSPS) is 10.8. The zero-order valence-electron chi connectivity index (χ0n) is 12.0. The molecule has 1 N–H and O–H groups in total. The van der Waals surface area contributed by atoms with Crippen LogP contribution in [0.2, 0.25) is 0 Å². The quantitative estimate of drug-likeness (QED) is 0.579. The van der Waals surface area contributed by atoms with E-state index >= 15 is 0 Å². The van der Waals surface area contributed by atoms with E-state index in [0.29, 0.717) is 16.6 Å². The Morgan fingerprint density at radius 1 is 1.45 bits per heavy atom. The molecule has 0 fully saturated rings. The summed E-state index contributed by atoms with van der Waals surface area (Å²) in [5, 5.41) is 14.1. The van der Waals surface area contributed by atoms with Gasteiger partial charge in [-0.2, -0.15) is 0 Å². The number of methoxy groups -OCH3 is 1. The lowest BCUT2D eigenvalue weighted by Gasteiger charge is -2.17. The molecule has 0 aliphatic rings. The summed E-state index contributed by atoms with van der Waals surface area (Å²) in [4.78, 5) is 12.6. The standard InChI is InChI=1S/C13H20BrN3O3/c1-10-8-12(11(14)9-13(10)17(18)19)15-4-5-16(2)6-7-20-3/h8-9,15H,4-7H2,1-3H3. The molecule has 0 amide bonds. The van der Waals surface area contributed by atoms with Gasteiger partial charge in [0.1, 0.15) is 0 Å². The highest BCUT2D eigenvalue weighted by Crippen LogP contribution is 2.30. The first kappa shape index (κ1) is 16.9. The van der Waals surface area contributed by atoms with Crippen molar-refractivity contribution in [2.45, 2.75) is 6.92 Å². The van der Waals surface area contributed by atoms with Crippen molar-refractivity contribution >= 4 is 27.3 Å². The molecule has 6 nitrogen and oxygen atoms in total. The van der Waals surface area contributed by atoms with Crippen molar-refractivity contribution in [3.05, 3.63) is 32.3 Å². The van der Waals surface area contributed by atoms with Crippen LogP contribution >= 0.6 is 15.9 Å². The molecule has 0 unspecified atom stereocenters. The molecule has 1 aromatic rings. The Hall–Kier alpha value is -1.18. The number of nitrogens with zero attached hydrogens (tertiary/aromatic N) is 2. The number of ether oxygens (including phenoxy) is 1. The Labute approximate surface area is 127 Å². The third-order valence-corrected chi connectivity index (χ3v) is 3.62. The number of hydrogen-bond donors (Lipinski definition) is 1. The molecule has 20 heavy (non-hydrogen) atoms. The van der Waals surface area contributed by atoms with E-state index in [2.05, 4.69) is 26.1 Å². The summed E-state index contributed by atoms with van der Waals surface area (Å²) in [6.07, 6.45) is 0. The average molecular weight is 346 g/mol. The zero-order chi connectivity index (χ0) is 15.1. The van der Waals surface area contributed by atoms with Gasteiger partial charge in [-0.25, -0.2) is 0 Å². The lowest BCUT2D eigenvalue weighted by Crippen LogP contribution is -2.28. The van der Waals surface area contributed by atoms with Crippen LogP contribution in [0.1, 0.15) is 5.56 Å². The van der Waals surface area contributed by atoms with Gasteiger partial charge in [0.25, 0.3) is 5.69 Å². The SMILES string of the molecule is COCCN(C)CCNc1cc(C)c([N+](=O)[O-])cc1Br. The summed E-state index contributed by atoms with van der Waals surface area (Å²) in [7, 11) is 3.71. The Kier molecular flexibility index (Phi) is 6.90. The Morgan fingerprint density at radius 3 is 2.75 bits per heavy atom. The minimum atomic E-state index is -0.373. The van der Waals surface area contributed by atoms with E-state index in [-0.39, 0.29) is 10.6 Å². The monoisotopic (exact) mass is 345 g/mol. The molecule has 0 radical (unpaired) electrons. The van der Waals surface area contributed by atoms with Crippen molar-refractivity contribution in [2.24, 2.45) is 0 Å². The van der Waals surface area contributed by atoms with Crippen LogP contribution in [-0.2, 0) is 4.74 Å². The molecule has 0 spiro atoms. The number of nitro benzene ring substituents is 1. The fourth-order valence-corrected chi connectivity index (χ4v) is 2.22. The Bertz CT molecular complexity index is 468. The molecular weight excluding hydrogens is 326 g/mol. The highest BCUT2D eigenvalue weighted by atomic mass is 79.9.